The van der Waals surface area contributed by atoms with Gasteiger partial charge in [-0.15, -0.1) is 0 Å². The molecule has 90 valence electrons. The minimum atomic E-state index is -4.64. The monoisotopic (exact) mass is 286 g/mol. The molecule has 2 unspecified atom stereocenters. The summed E-state index contributed by atoms with van der Waals surface area (Å²) in [5, 5.41) is 34.1. The molecule has 0 aliphatic carbocycles. The number of aliphatic hydroxyl groups is 2. The Balaban J connectivity index is -0.000000242. The number of aliphatic carboxylic acids is 2. The van der Waals surface area contributed by atoms with Gasteiger partial charge in [0, 0.05) is 0 Å². The van der Waals surface area contributed by atoms with Crippen LogP contribution in [0, 0.1) is 0 Å². The summed E-state index contributed by atoms with van der Waals surface area (Å²) in [6, 6.07) is 0. The van der Waals surface area contributed by atoms with Crippen molar-refractivity contribution < 1.29 is 101 Å². The smallest absolute Gasteiger partial charge is 0.547 e. The van der Waals surface area contributed by atoms with E-state index in [-0.39, 0.29) is 51.4 Å². The van der Waals surface area contributed by atoms with E-state index >= 15 is 0 Å². The van der Waals surface area contributed by atoms with Gasteiger partial charge in [-0.1, -0.05) is 0 Å². The van der Waals surface area contributed by atoms with Crippen LogP contribution >= 0.6 is 7.82 Å². The number of rotatable bonds is 3. The van der Waals surface area contributed by atoms with Crippen molar-refractivity contribution in [2.75, 3.05) is 0 Å². The van der Waals surface area contributed by atoms with Gasteiger partial charge in [-0.25, -0.2) is 9.36 Å². The summed E-state index contributed by atoms with van der Waals surface area (Å²) < 4.78 is 8.88. The van der Waals surface area contributed by atoms with E-state index in [1.165, 1.54) is 0 Å². The van der Waals surface area contributed by atoms with Gasteiger partial charge in [-0.3, -0.25) is 0 Å². The Morgan fingerprint density at radius 1 is 1.06 bits per heavy atom. The summed E-state index contributed by atoms with van der Waals surface area (Å²) in [4.78, 5) is 41.0. The molecule has 0 bridgehead atoms. The molecule has 0 saturated carbocycles. The van der Waals surface area contributed by atoms with Gasteiger partial charge in [0.1, 0.15) is 6.10 Å². The number of hydrogen-bond donors (Lipinski definition) is 6. The van der Waals surface area contributed by atoms with Crippen LogP contribution in [0.4, 0.5) is 0 Å². The zero-order chi connectivity index (χ0) is 12.8. The molecule has 16 heavy (non-hydrogen) atoms. The van der Waals surface area contributed by atoms with Crippen molar-refractivity contribution in [2.24, 2.45) is 0 Å². The molecule has 0 aromatic carbocycles. The first-order valence-electron chi connectivity index (χ1n) is 3.05. The van der Waals surface area contributed by atoms with E-state index in [4.69, 9.17) is 34.6 Å². The predicted octanol–water partition coefficient (Wildman–Crippen LogP) is -7.38. The molecule has 0 spiro atoms. The third kappa shape index (κ3) is 17.0. The molecule has 0 aliphatic rings. The number of phosphoric acid groups is 1. The first-order chi connectivity index (χ1) is 6.46. The van der Waals surface area contributed by atoms with Gasteiger partial charge >= 0.3 is 65.2 Å². The Hall–Kier alpha value is 0.606. The van der Waals surface area contributed by atoms with E-state index in [9.17, 15) is 14.7 Å². The van der Waals surface area contributed by atoms with E-state index in [2.05, 4.69) is 0 Å². The Morgan fingerprint density at radius 3 is 1.38 bits per heavy atom. The molecule has 0 fully saturated rings. The Bertz CT molecular complexity index is 246. The Morgan fingerprint density at radius 2 is 1.31 bits per heavy atom. The van der Waals surface area contributed by atoms with Crippen LogP contribution in [0.25, 0.3) is 0 Å². The van der Waals surface area contributed by atoms with Crippen LogP contribution in [-0.2, 0) is 14.2 Å². The largest absolute Gasteiger partial charge is 1.00 e. The Labute approximate surface area is 131 Å². The summed E-state index contributed by atoms with van der Waals surface area (Å²) in [6.45, 7) is 0. The average Bonchev–Trinajstić information content (AvgIpc) is 1.98. The molecular weight excluding hydrogens is 278 g/mol. The van der Waals surface area contributed by atoms with Crippen LogP contribution in [-0.4, -0.2) is 54.1 Å². The van der Waals surface area contributed by atoms with Gasteiger partial charge in [0.25, 0.3) is 0 Å². The van der Waals surface area contributed by atoms with Crippen molar-refractivity contribution in [1.82, 2.24) is 0 Å². The van der Waals surface area contributed by atoms with E-state index < -0.39 is 32.0 Å². The molecule has 6 N–H and O–H groups in total. The van der Waals surface area contributed by atoms with E-state index in [0.29, 0.717) is 0 Å². The first kappa shape index (κ1) is 21.8. The van der Waals surface area contributed by atoms with Crippen molar-refractivity contribution in [1.29, 1.82) is 0 Å². The van der Waals surface area contributed by atoms with Crippen molar-refractivity contribution in [3.8, 4) is 0 Å². The van der Waals surface area contributed by atoms with E-state index in [1.54, 1.807) is 0 Å². The maximum Gasteiger partial charge on any atom is 1.00 e. The fraction of sp³-hybridized carbons (Fsp3) is 0.500. The van der Waals surface area contributed by atoms with Crippen LogP contribution in [0.2, 0.25) is 0 Å². The molecule has 0 radical (unpaired) electrons. The van der Waals surface area contributed by atoms with Gasteiger partial charge < -0.3 is 39.9 Å². The van der Waals surface area contributed by atoms with Gasteiger partial charge in [0.2, 0.25) is 0 Å². The zero-order valence-electron chi connectivity index (χ0n) is 7.92. The van der Waals surface area contributed by atoms with Crippen molar-refractivity contribution in [2.45, 2.75) is 12.2 Å². The molecule has 0 saturated heterocycles. The summed E-state index contributed by atoms with van der Waals surface area (Å²) in [5.74, 6) is -3.83. The normalized spacial score (nSPS) is 13.6. The van der Waals surface area contributed by atoms with Crippen LogP contribution in [0.5, 0.6) is 0 Å². The number of carbonyl (C=O) groups is 2. The van der Waals surface area contributed by atoms with Gasteiger partial charge in [-0.2, -0.15) is 0 Å². The minimum absolute atomic E-state index is 0. The minimum Gasteiger partial charge on any atom is -0.547 e. The summed E-state index contributed by atoms with van der Waals surface area (Å²) in [7, 11) is -4.64. The summed E-state index contributed by atoms with van der Waals surface area (Å²) in [6.07, 6.45) is -4.71. The fourth-order valence-corrected chi connectivity index (χ4v) is 0.264. The average molecular weight is 286 g/mol. The van der Waals surface area contributed by atoms with Crippen LogP contribution in [0.1, 0.15) is 0 Å². The van der Waals surface area contributed by atoms with Crippen LogP contribution in [0.3, 0.4) is 0 Å². The van der Waals surface area contributed by atoms with E-state index in [1.807, 2.05) is 0 Å². The van der Waals surface area contributed by atoms with Crippen LogP contribution in [0.15, 0.2) is 0 Å². The summed E-state index contributed by atoms with van der Waals surface area (Å²) >= 11 is 0. The maximum atomic E-state index is 9.74. The van der Waals surface area contributed by atoms with Gasteiger partial charge in [-0.05, 0) is 0 Å². The third-order valence-corrected chi connectivity index (χ3v) is 0.794. The third-order valence-electron chi connectivity index (χ3n) is 0.794. The fourth-order valence-electron chi connectivity index (χ4n) is 0.264. The molecule has 0 heterocycles. The quantitative estimate of drug-likeness (QED) is 0.214. The first-order valence-corrected chi connectivity index (χ1v) is 4.61. The standard InChI is InChI=1S/C4H6O6.K.H3O4P/c5-1(3(7)8)2(6)4(9)10;;1-5(2,3)4/h1-2,5-6H,(H,7,8)(H,9,10);;(H3,1,2,3,4)/q;+1;/p-1. The van der Waals surface area contributed by atoms with E-state index in [0.717, 1.165) is 0 Å². The summed E-state index contributed by atoms with van der Waals surface area (Å²) in [5.41, 5.74) is 0. The molecule has 10 nitrogen and oxygen atoms in total. The second-order valence-corrected chi connectivity index (χ2v) is 3.09. The Kier molecular flexibility index (Phi) is 13.1. The molecule has 0 aliphatic heterocycles. The predicted molar refractivity (Wildman–Crippen MR) is 38.9 cm³/mol. The number of aliphatic hydroxyl groups excluding tert-OH is 2. The second-order valence-electron chi connectivity index (χ2n) is 2.06. The molecular formula is C4H8KO10P. The molecule has 0 aromatic heterocycles. The molecule has 0 aromatic rings. The molecule has 0 amide bonds. The SMILES string of the molecule is O=C([O-])C(O)C(O)C(=O)O.O=P(O)(O)O.[K+]. The van der Waals surface area contributed by atoms with Crippen molar-refractivity contribution in [3.63, 3.8) is 0 Å². The number of carboxylic acid groups (broad SMARTS) is 2. The second kappa shape index (κ2) is 9.62. The topological polar surface area (TPSA) is 196 Å². The number of carboxylic acids is 2. The van der Waals surface area contributed by atoms with Crippen molar-refractivity contribution in [3.05, 3.63) is 0 Å². The molecule has 2 atom stereocenters. The van der Waals surface area contributed by atoms with Gasteiger partial charge in [0.05, 0.1) is 5.97 Å². The molecule has 0 rings (SSSR count). The van der Waals surface area contributed by atoms with Gasteiger partial charge in [0.15, 0.2) is 6.10 Å². The zero-order valence-corrected chi connectivity index (χ0v) is 11.9. The van der Waals surface area contributed by atoms with Crippen molar-refractivity contribution >= 4 is 19.8 Å². The maximum absolute atomic E-state index is 9.74. The molecule has 12 heteroatoms. The number of hydrogen-bond acceptors (Lipinski definition) is 6. The van der Waals surface area contributed by atoms with Crippen LogP contribution < -0.4 is 56.5 Å². The number of carbonyl (C=O) groups excluding carboxylic acids is 1.